The van der Waals surface area contributed by atoms with Crippen LogP contribution in [0.15, 0.2) is 33.5 Å². The Bertz CT molecular complexity index is 560. The zero-order valence-corrected chi connectivity index (χ0v) is 9.21. The number of nitrogens with zero attached hydrogens (tertiary/aromatic N) is 1. The Labute approximate surface area is 89.3 Å². The number of benzene rings is 1. The molecule has 1 aromatic heterocycles. The lowest BCUT2D eigenvalue weighted by Crippen LogP contribution is -2.15. The van der Waals surface area contributed by atoms with Gasteiger partial charge in [0.1, 0.15) is 0 Å². The van der Waals surface area contributed by atoms with Crippen LogP contribution in [0.3, 0.4) is 0 Å². The van der Waals surface area contributed by atoms with E-state index in [1.807, 2.05) is 6.07 Å². The van der Waals surface area contributed by atoms with Crippen molar-refractivity contribution in [2.45, 2.75) is 0 Å². The summed E-state index contributed by atoms with van der Waals surface area (Å²) in [6.07, 6.45) is 0. The molecule has 0 atom stereocenters. The van der Waals surface area contributed by atoms with E-state index in [0.717, 1.165) is 15.4 Å². The van der Waals surface area contributed by atoms with Crippen LogP contribution in [0, 0.1) is 0 Å². The van der Waals surface area contributed by atoms with Gasteiger partial charge in [0, 0.05) is 28.7 Å². The van der Waals surface area contributed by atoms with Crippen LogP contribution in [0.2, 0.25) is 0 Å². The number of halogens is 1. The van der Waals surface area contributed by atoms with E-state index in [-0.39, 0.29) is 5.56 Å². The first kappa shape index (κ1) is 9.27. The Balaban J connectivity index is 3.01. The molecule has 0 amide bonds. The van der Waals surface area contributed by atoms with Crippen LogP contribution in [-0.4, -0.2) is 4.57 Å². The summed E-state index contributed by atoms with van der Waals surface area (Å²) in [5.74, 6) is 0. The molecule has 0 saturated heterocycles. The second-order valence-corrected chi connectivity index (χ2v) is 3.93. The highest BCUT2D eigenvalue weighted by Gasteiger charge is 2.04. The quantitative estimate of drug-likeness (QED) is 0.729. The van der Waals surface area contributed by atoms with E-state index in [1.54, 1.807) is 23.7 Å². The molecule has 1 heterocycles. The first-order valence-corrected chi connectivity index (χ1v) is 4.94. The van der Waals surface area contributed by atoms with Gasteiger partial charge >= 0.3 is 0 Å². The van der Waals surface area contributed by atoms with E-state index < -0.39 is 0 Å². The number of hydrogen-bond donors (Lipinski definition) is 1. The molecular weight excluding hydrogens is 244 g/mol. The lowest BCUT2D eigenvalue weighted by molar-refractivity contribution is 0.906. The van der Waals surface area contributed by atoms with Gasteiger partial charge in [0.15, 0.2) is 0 Å². The molecule has 1 aromatic carbocycles. The topological polar surface area (TPSA) is 48.0 Å². The number of rotatable bonds is 0. The molecule has 0 saturated carbocycles. The summed E-state index contributed by atoms with van der Waals surface area (Å²) in [7, 11) is 1.74. The zero-order valence-electron chi connectivity index (χ0n) is 7.62. The van der Waals surface area contributed by atoms with Crippen molar-refractivity contribution in [3.05, 3.63) is 39.1 Å². The van der Waals surface area contributed by atoms with Gasteiger partial charge in [-0.25, -0.2) is 0 Å². The maximum Gasteiger partial charge on any atom is 0.250 e. The number of fused-ring (bicyclic) bond motifs is 1. The van der Waals surface area contributed by atoms with Crippen LogP contribution in [-0.2, 0) is 7.05 Å². The second-order valence-electron chi connectivity index (χ2n) is 3.13. The van der Waals surface area contributed by atoms with Crippen LogP contribution in [0.25, 0.3) is 10.9 Å². The van der Waals surface area contributed by atoms with E-state index >= 15 is 0 Å². The maximum atomic E-state index is 11.3. The molecule has 72 valence electrons. The van der Waals surface area contributed by atoms with Crippen molar-refractivity contribution in [3.8, 4) is 0 Å². The SMILES string of the molecule is Cn1c(=O)ccc2c(Br)c(N)ccc21. The number of nitrogen functional groups attached to an aromatic ring is 1. The van der Waals surface area contributed by atoms with E-state index in [9.17, 15) is 4.79 Å². The van der Waals surface area contributed by atoms with E-state index in [4.69, 9.17) is 5.73 Å². The zero-order chi connectivity index (χ0) is 10.3. The molecule has 0 aliphatic heterocycles. The second kappa shape index (κ2) is 3.13. The van der Waals surface area contributed by atoms with E-state index in [2.05, 4.69) is 15.9 Å². The van der Waals surface area contributed by atoms with Gasteiger partial charge in [-0.2, -0.15) is 0 Å². The third-order valence-electron chi connectivity index (χ3n) is 2.27. The molecule has 2 N–H and O–H groups in total. The molecule has 2 rings (SSSR count). The van der Waals surface area contributed by atoms with Crippen molar-refractivity contribution in [3.63, 3.8) is 0 Å². The average molecular weight is 253 g/mol. The monoisotopic (exact) mass is 252 g/mol. The number of anilines is 1. The predicted octanol–water partition coefficient (Wildman–Crippen LogP) is 1.88. The number of aryl methyl sites for hydroxylation is 1. The fourth-order valence-electron chi connectivity index (χ4n) is 1.44. The Morgan fingerprint density at radius 3 is 2.71 bits per heavy atom. The minimum Gasteiger partial charge on any atom is -0.398 e. The normalized spacial score (nSPS) is 10.7. The third kappa shape index (κ3) is 1.23. The van der Waals surface area contributed by atoms with Crippen LogP contribution in [0.4, 0.5) is 5.69 Å². The molecular formula is C10H9BrN2O. The molecule has 0 aliphatic rings. The number of pyridine rings is 1. The molecule has 0 radical (unpaired) electrons. The van der Waals surface area contributed by atoms with Gasteiger partial charge in [0.25, 0.3) is 5.56 Å². The molecule has 14 heavy (non-hydrogen) atoms. The van der Waals surface area contributed by atoms with Crippen molar-refractivity contribution in [2.75, 3.05) is 5.73 Å². The van der Waals surface area contributed by atoms with Crippen molar-refractivity contribution in [2.24, 2.45) is 7.05 Å². The van der Waals surface area contributed by atoms with Crippen molar-refractivity contribution in [1.29, 1.82) is 0 Å². The largest absolute Gasteiger partial charge is 0.398 e. The predicted molar refractivity (Wildman–Crippen MR) is 61.3 cm³/mol. The Morgan fingerprint density at radius 1 is 1.29 bits per heavy atom. The fraction of sp³-hybridized carbons (Fsp3) is 0.100. The Morgan fingerprint density at radius 2 is 2.00 bits per heavy atom. The summed E-state index contributed by atoms with van der Waals surface area (Å²) < 4.78 is 2.44. The van der Waals surface area contributed by atoms with Gasteiger partial charge in [-0.05, 0) is 34.1 Å². The molecule has 4 heteroatoms. The number of aromatic nitrogens is 1. The van der Waals surface area contributed by atoms with Gasteiger partial charge in [0.2, 0.25) is 0 Å². The summed E-state index contributed by atoms with van der Waals surface area (Å²) in [5.41, 5.74) is 7.27. The smallest absolute Gasteiger partial charge is 0.250 e. The summed E-state index contributed by atoms with van der Waals surface area (Å²) in [5, 5.41) is 0.951. The van der Waals surface area contributed by atoms with Gasteiger partial charge in [-0.15, -0.1) is 0 Å². The first-order chi connectivity index (χ1) is 6.61. The van der Waals surface area contributed by atoms with Crippen molar-refractivity contribution < 1.29 is 0 Å². The summed E-state index contributed by atoms with van der Waals surface area (Å²) >= 11 is 3.40. The highest BCUT2D eigenvalue weighted by atomic mass is 79.9. The highest BCUT2D eigenvalue weighted by molar-refractivity contribution is 9.10. The van der Waals surface area contributed by atoms with E-state index in [0.29, 0.717) is 5.69 Å². The van der Waals surface area contributed by atoms with Crippen LogP contribution in [0.1, 0.15) is 0 Å². The van der Waals surface area contributed by atoms with Crippen LogP contribution >= 0.6 is 15.9 Å². The summed E-state index contributed by atoms with van der Waals surface area (Å²) in [6.45, 7) is 0. The summed E-state index contributed by atoms with van der Waals surface area (Å²) in [6, 6.07) is 6.94. The third-order valence-corrected chi connectivity index (χ3v) is 3.16. The number of nitrogens with two attached hydrogens (primary N) is 1. The standard InChI is InChI=1S/C10H9BrN2O/c1-13-8-4-3-7(12)10(11)6(8)2-5-9(13)14/h2-5H,12H2,1H3. The Hall–Kier alpha value is -1.29. The molecule has 0 spiro atoms. The molecule has 3 nitrogen and oxygen atoms in total. The summed E-state index contributed by atoms with van der Waals surface area (Å²) in [4.78, 5) is 11.3. The lowest BCUT2D eigenvalue weighted by Gasteiger charge is -2.07. The first-order valence-electron chi connectivity index (χ1n) is 4.15. The average Bonchev–Trinajstić information content (AvgIpc) is 2.17. The fourth-order valence-corrected chi connectivity index (χ4v) is 1.90. The molecule has 0 fully saturated rings. The minimum atomic E-state index is -0.0193. The highest BCUT2D eigenvalue weighted by Crippen LogP contribution is 2.27. The van der Waals surface area contributed by atoms with Gasteiger partial charge in [0.05, 0.1) is 5.52 Å². The van der Waals surface area contributed by atoms with Gasteiger partial charge in [-0.1, -0.05) is 0 Å². The van der Waals surface area contributed by atoms with Crippen molar-refractivity contribution >= 4 is 32.5 Å². The van der Waals surface area contributed by atoms with Gasteiger partial charge < -0.3 is 10.3 Å². The molecule has 0 bridgehead atoms. The maximum absolute atomic E-state index is 11.3. The van der Waals surface area contributed by atoms with Crippen LogP contribution in [0.5, 0.6) is 0 Å². The molecule has 0 unspecified atom stereocenters. The van der Waals surface area contributed by atoms with E-state index in [1.165, 1.54) is 6.07 Å². The Kier molecular flexibility index (Phi) is 2.07. The van der Waals surface area contributed by atoms with Crippen LogP contribution < -0.4 is 11.3 Å². The molecule has 0 aliphatic carbocycles. The van der Waals surface area contributed by atoms with Crippen molar-refractivity contribution in [1.82, 2.24) is 4.57 Å². The molecule has 2 aromatic rings. The minimum absolute atomic E-state index is 0.0193. The number of hydrogen-bond acceptors (Lipinski definition) is 2. The lowest BCUT2D eigenvalue weighted by atomic mass is 10.2. The van der Waals surface area contributed by atoms with Gasteiger partial charge in [-0.3, -0.25) is 4.79 Å².